The van der Waals surface area contributed by atoms with Gasteiger partial charge in [-0.2, -0.15) is 0 Å². The molecule has 0 amide bonds. The molecule has 1 heterocycles. The summed E-state index contributed by atoms with van der Waals surface area (Å²) in [5, 5.41) is 0.538. The third-order valence-electron chi connectivity index (χ3n) is 3.44. The largest absolute Gasteiger partial charge is 0.497 e. The van der Waals surface area contributed by atoms with Gasteiger partial charge in [0.05, 0.1) is 24.6 Å². The highest BCUT2D eigenvalue weighted by molar-refractivity contribution is 7.89. The summed E-state index contributed by atoms with van der Waals surface area (Å²) in [6.07, 6.45) is 1.13. The molecule has 2 aromatic carbocycles. The van der Waals surface area contributed by atoms with Crippen molar-refractivity contribution in [3.63, 3.8) is 0 Å². The summed E-state index contributed by atoms with van der Waals surface area (Å²) >= 11 is 0. The van der Waals surface area contributed by atoms with Gasteiger partial charge in [0.1, 0.15) is 11.6 Å². The maximum Gasteiger partial charge on any atom is 0.236 e. The quantitative estimate of drug-likeness (QED) is 0.744. The topological polar surface area (TPSA) is 48.3 Å². The van der Waals surface area contributed by atoms with Gasteiger partial charge in [0.2, 0.25) is 10.0 Å². The van der Waals surface area contributed by atoms with Gasteiger partial charge < -0.3 is 4.74 Å². The Morgan fingerprint density at radius 2 is 1.73 bits per heavy atom. The zero-order chi connectivity index (χ0) is 15.9. The Kier molecular flexibility index (Phi) is 3.41. The average Bonchev–Trinajstić information content (AvgIpc) is 2.85. The zero-order valence-electron chi connectivity index (χ0n) is 12.1. The molecule has 0 fully saturated rings. The molecule has 0 spiro atoms. The molecular formula is C16H14FNO3S. The van der Waals surface area contributed by atoms with Gasteiger partial charge in [-0.15, -0.1) is 0 Å². The van der Waals surface area contributed by atoms with E-state index in [1.54, 1.807) is 37.4 Å². The average molecular weight is 319 g/mol. The number of fused-ring (bicyclic) bond motifs is 1. The van der Waals surface area contributed by atoms with Crippen molar-refractivity contribution in [1.82, 2.24) is 3.97 Å². The highest BCUT2D eigenvalue weighted by Crippen LogP contribution is 2.31. The van der Waals surface area contributed by atoms with Crippen LogP contribution >= 0.6 is 0 Å². The molecule has 0 atom stereocenters. The lowest BCUT2D eigenvalue weighted by Crippen LogP contribution is -2.11. The van der Waals surface area contributed by atoms with E-state index in [0.717, 1.165) is 6.26 Å². The lowest BCUT2D eigenvalue weighted by Gasteiger charge is -2.09. The predicted molar refractivity (Wildman–Crippen MR) is 84.1 cm³/mol. The maximum atomic E-state index is 13.4. The number of rotatable bonds is 3. The van der Waals surface area contributed by atoms with Gasteiger partial charge in [0, 0.05) is 5.39 Å². The Morgan fingerprint density at radius 3 is 2.32 bits per heavy atom. The van der Waals surface area contributed by atoms with Crippen LogP contribution in [0.2, 0.25) is 0 Å². The maximum absolute atomic E-state index is 13.4. The number of methoxy groups -OCH3 is 1. The van der Waals surface area contributed by atoms with Gasteiger partial charge in [-0.3, -0.25) is 0 Å². The van der Waals surface area contributed by atoms with Crippen LogP contribution in [0.25, 0.3) is 22.2 Å². The van der Waals surface area contributed by atoms with Crippen molar-refractivity contribution in [2.24, 2.45) is 0 Å². The van der Waals surface area contributed by atoms with Crippen LogP contribution in [-0.2, 0) is 10.0 Å². The summed E-state index contributed by atoms with van der Waals surface area (Å²) in [4.78, 5) is 0. The Hall–Kier alpha value is -2.34. The summed E-state index contributed by atoms with van der Waals surface area (Å²) in [7, 11) is -1.97. The van der Waals surface area contributed by atoms with E-state index in [-0.39, 0.29) is 0 Å². The fourth-order valence-electron chi connectivity index (χ4n) is 2.48. The van der Waals surface area contributed by atoms with E-state index in [1.807, 2.05) is 0 Å². The Balaban J connectivity index is 2.32. The molecule has 0 radical (unpaired) electrons. The Labute approximate surface area is 127 Å². The molecule has 0 N–H and O–H groups in total. The lowest BCUT2D eigenvalue weighted by atomic mass is 10.1. The first-order chi connectivity index (χ1) is 10.4. The first-order valence-electron chi connectivity index (χ1n) is 6.56. The van der Waals surface area contributed by atoms with Gasteiger partial charge in [0.15, 0.2) is 0 Å². The highest BCUT2D eigenvalue weighted by Gasteiger charge is 2.18. The first-order valence-corrected chi connectivity index (χ1v) is 8.41. The van der Waals surface area contributed by atoms with Crippen LogP contribution in [0, 0.1) is 5.82 Å². The highest BCUT2D eigenvalue weighted by atomic mass is 32.2. The number of ether oxygens (including phenoxy) is 1. The molecule has 1 aromatic heterocycles. The first kappa shape index (κ1) is 14.6. The number of hydrogen-bond acceptors (Lipinski definition) is 3. The number of halogens is 1. The van der Waals surface area contributed by atoms with Gasteiger partial charge in [0.25, 0.3) is 0 Å². The standard InChI is InChI=1S/C16H14FNO3S/c1-21-14-6-3-11(4-7-14)16-10-12-9-13(17)5-8-15(12)18(16)22(2,19)20/h3-10H,1-2H3. The molecule has 114 valence electrons. The molecule has 0 aliphatic heterocycles. The normalized spacial score (nSPS) is 11.8. The lowest BCUT2D eigenvalue weighted by molar-refractivity contribution is 0.415. The fourth-order valence-corrected chi connectivity index (χ4v) is 3.52. The Morgan fingerprint density at radius 1 is 1.05 bits per heavy atom. The third-order valence-corrected chi connectivity index (χ3v) is 4.49. The van der Waals surface area contributed by atoms with Crippen LogP contribution in [-0.4, -0.2) is 25.8 Å². The molecular weight excluding hydrogens is 305 g/mol. The van der Waals surface area contributed by atoms with Gasteiger partial charge >= 0.3 is 0 Å². The van der Waals surface area contributed by atoms with Crippen LogP contribution in [0.15, 0.2) is 48.5 Å². The molecule has 0 aliphatic carbocycles. The number of aromatic nitrogens is 1. The van der Waals surface area contributed by atoms with Crippen LogP contribution in [0.1, 0.15) is 0 Å². The molecule has 3 rings (SSSR count). The van der Waals surface area contributed by atoms with Crippen LogP contribution < -0.4 is 4.74 Å². The number of benzene rings is 2. The van der Waals surface area contributed by atoms with Gasteiger partial charge in [-0.25, -0.2) is 16.8 Å². The van der Waals surface area contributed by atoms with Crippen molar-refractivity contribution < 1.29 is 17.5 Å². The second-order valence-corrected chi connectivity index (χ2v) is 6.82. The van der Waals surface area contributed by atoms with Crippen molar-refractivity contribution in [3.8, 4) is 17.0 Å². The van der Waals surface area contributed by atoms with Crippen LogP contribution in [0.3, 0.4) is 0 Å². The minimum atomic E-state index is -3.53. The fraction of sp³-hybridized carbons (Fsp3) is 0.125. The van der Waals surface area contributed by atoms with Crippen LogP contribution in [0.4, 0.5) is 4.39 Å². The minimum Gasteiger partial charge on any atom is -0.497 e. The zero-order valence-corrected chi connectivity index (χ0v) is 12.9. The van der Waals surface area contributed by atoms with E-state index in [2.05, 4.69) is 0 Å². The van der Waals surface area contributed by atoms with Crippen LogP contribution in [0.5, 0.6) is 5.75 Å². The van der Waals surface area contributed by atoms with E-state index < -0.39 is 15.8 Å². The van der Waals surface area contributed by atoms with E-state index in [1.165, 1.54) is 22.2 Å². The van der Waals surface area contributed by atoms with E-state index in [9.17, 15) is 12.8 Å². The summed E-state index contributed by atoms with van der Waals surface area (Å²) < 4.78 is 44.0. The van der Waals surface area contributed by atoms with Crippen molar-refractivity contribution in [2.45, 2.75) is 0 Å². The summed E-state index contributed by atoms with van der Waals surface area (Å²) in [6.45, 7) is 0. The molecule has 22 heavy (non-hydrogen) atoms. The Bertz CT molecular complexity index is 943. The second kappa shape index (κ2) is 5.14. The summed E-state index contributed by atoms with van der Waals surface area (Å²) in [6, 6.07) is 12.8. The summed E-state index contributed by atoms with van der Waals surface area (Å²) in [5.74, 6) is 0.274. The molecule has 0 aliphatic rings. The number of nitrogens with zero attached hydrogens (tertiary/aromatic N) is 1. The molecule has 3 aromatic rings. The molecule has 4 nitrogen and oxygen atoms in total. The summed E-state index contributed by atoms with van der Waals surface area (Å²) in [5.41, 5.74) is 1.66. The molecule has 0 bridgehead atoms. The van der Waals surface area contributed by atoms with Gasteiger partial charge in [-0.05, 0) is 54.1 Å². The molecule has 0 saturated heterocycles. The SMILES string of the molecule is COc1ccc(-c2cc3cc(F)ccc3n2S(C)(=O)=O)cc1. The number of hydrogen-bond donors (Lipinski definition) is 0. The molecule has 0 unspecified atom stereocenters. The van der Waals surface area contributed by atoms with Crippen molar-refractivity contribution in [2.75, 3.05) is 13.4 Å². The smallest absolute Gasteiger partial charge is 0.236 e. The molecule has 0 saturated carbocycles. The minimum absolute atomic E-state index is 0.403. The third kappa shape index (κ3) is 2.46. The van der Waals surface area contributed by atoms with E-state index in [4.69, 9.17) is 4.74 Å². The monoisotopic (exact) mass is 319 g/mol. The van der Waals surface area contributed by atoms with Crippen molar-refractivity contribution >= 4 is 20.9 Å². The van der Waals surface area contributed by atoms with Crippen molar-refractivity contribution in [3.05, 3.63) is 54.3 Å². The van der Waals surface area contributed by atoms with E-state index in [0.29, 0.717) is 27.9 Å². The predicted octanol–water partition coefficient (Wildman–Crippen LogP) is 3.26. The second-order valence-electron chi connectivity index (χ2n) is 4.99. The van der Waals surface area contributed by atoms with E-state index >= 15 is 0 Å². The molecule has 6 heteroatoms. The van der Waals surface area contributed by atoms with Gasteiger partial charge in [-0.1, -0.05) is 0 Å². The van der Waals surface area contributed by atoms with Crippen molar-refractivity contribution in [1.29, 1.82) is 0 Å².